The van der Waals surface area contributed by atoms with Crippen LogP contribution in [0.5, 0.6) is 0 Å². The summed E-state index contributed by atoms with van der Waals surface area (Å²) in [6, 6.07) is 0.396. The van der Waals surface area contributed by atoms with Crippen LogP contribution in [0.1, 0.15) is 59.3 Å². The summed E-state index contributed by atoms with van der Waals surface area (Å²) in [6.07, 6.45) is 10.4. The van der Waals surface area contributed by atoms with Gasteiger partial charge in [-0.25, -0.2) is 0 Å². The SMILES string of the molecule is CNC(COC(C)(C)C)C1=CCCCCCC1. The third kappa shape index (κ3) is 6.23. The summed E-state index contributed by atoms with van der Waals surface area (Å²) in [5.74, 6) is 0. The zero-order valence-corrected chi connectivity index (χ0v) is 12.0. The molecule has 1 N–H and O–H groups in total. The first-order valence-corrected chi connectivity index (χ1v) is 7.03. The van der Waals surface area contributed by atoms with Gasteiger partial charge in [-0.1, -0.05) is 24.5 Å². The molecule has 0 saturated carbocycles. The topological polar surface area (TPSA) is 21.3 Å². The van der Waals surface area contributed by atoms with Gasteiger partial charge in [0.1, 0.15) is 0 Å². The fraction of sp³-hybridized carbons (Fsp3) is 0.867. The van der Waals surface area contributed by atoms with Gasteiger partial charge in [0, 0.05) is 0 Å². The fourth-order valence-corrected chi connectivity index (χ4v) is 2.24. The van der Waals surface area contributed by atoms with Gasteiger partial charge in [0.25, 0.3) is 0 Å². The van der Waals surface area contributed by atoms with E-state index in [4.69, 9.17) is 4.74 Å². The van der Waals surface area contributed by atoms with Gasteiger partial charge in [-0.05, 0) is 53.5 Å². The summed E-state index contributed by atoms with van der Waals surface area (Å²) in [7, 11) is 2.04. The molecule has 0 bridgehead atoms. The molecule has 1 aliphatic rings. The van der Waals surface area contributed by atoms with Gasteiger partial charge in [-0.3, -0.25) is 0 Å². The predicted molar refractivity (Wildman–Crippen MR) is 74.3 cm³/mol. The van der Waals surface area contributed by atoms with Crippen molar-refractivity contribution in [2.24, 2.45) is 0 Å². The normalized spacial score (nSPS) is 20.4. The highest BCUT2D eigenvalue weighted by atomic mass is 16.5. The summed E-state index contributed by atoms with van der Waals surface area (Å²) in [5, 5.41) is 3.40. The molecule has 0 aromatic rings. The van der Waals surface area contributed by atoms with Crippen molar-refractivity contribution in [3.8, 4) is 0 Å². The van der Waals surface area contributed by atoms with E-state index in [0.29, 0.717) is 6.04 Å². The minimum atomic E-state index is -0.0444. The van der Waals surface area contributed by atoms with E-state index in [-0.39, 0.29) is 5.60 Å². The molecule has 0 radical (unpaired) electrons. The zero-order chi connectivity index (χ0) is 12.7. The quantitative estimate of drug-likeness (QED) is 0.756. The molecule has 17 heavy (non-hydrogen) atoms. The lowest BCUT2D eigenvalue weighted by Crippen LogP contribution is -2.36. The van der Waals surface area contributed by atoms with Crippen LogP contribution in [-0.4, -0.2) is 25.3 Å². The summed E-state index contributed by atoms with van der Waals surface area (Å²) < 4.78 is 5.90. The lowest BCUT2D eigenvalue weighted by molar-refractivity contribution is -0.00974. The summed E-state index contributed by atoms with van der Waals surface area (Å²) >= 11 is 0. The first-order chi connectivity index (χ1) is 8.03. The Kier molecular flexibility index (Phi) is 6.21. The lowest BCUT2D eigenvalue weighted by Gasteiger charge is -2.26. The molecule has 1 aliphatic carbocycles. The van der Waals surface area contributed by atoms with E-state index in [0.717, 1.165) is 6.61 Å². The lowest BCUT2D eigenvalue weighted by atomic mass is 9.95. The summed E-state index contributed by atoms with van der Waals surface area (Å²) in [6.45, 7) is 7.14. The number of likely N-dealkylation sites (N-methyl/N-ethyl adjacent to an activating group) is 1. The van der Waals surface area contributed by atoms with E-state index in [1.54, 1.807) is 5.57 Å². The van der Waals surface area contributed by atoms with Crippen LogP contribution in [-0.2, 0) is 4.74 Å². The average molecular weight is 239 g/mol. The zero-order valence-electron chi connectivity index (χ0n) is 12.0. The second-order valence-corrected chi connectivity index (χ2v) is 6.00. The predicted octanol–water partition coefficient (Wildman–Crippen LogP) is 3.67. The Bertz CT molecular complexity index is 240. The Morgan fingerprint density at radius 2 is 1.94 bits per heavy atom. The van der Waals surface area contributed by atoms with Gasteiger partial charge >= 0.3 is 0 Å². The van der Waals surface area contributed by atoms with E-state index in [1.165, 1.54) is 38.5 Å². The minimum Gasteiger partial charge on any atom is -0.374 e. The fourth-order valence-electron chi connectivity index (χ4n) is 2.24. The largest absolute Gasteiger partial charge is 0.374 e. The number of ether oxygens (including phenoxy) is 1. The number of hydrogen-bond acceptors (Lipinski definition) is 2. The molecule has 1 atom stereocenters. The van der Waals surface area contributed by atoms with Gasteiger partial charge in [0.15, 0.2) is 0 Å². The molecule has 0 heterocycles. The molecule has 0 saturated heterocycles. The minimum absolute atomic E-state index is 0.0444. The molecule has 2 nitrogen and oxygen atoms in total. The van der Waals surface area contributed by atoms with E-state index >= 15 is 0 Å². The van der Waals surface area contributed by atoms with Crippen molar-refractivity contribution in [2.45, 2.75) is 70.9 Å². The van der Waals surface area contributed by atoms with Crippen LogP contribution in [0.25, 0.3) is 0 Å². The number of allylic oxidation sites excluding steroid dienone is 1. The highest BCUT2D eigenvalue weighted by molar-refractivity contribution is 5.11. The Labute approximate surface area is 107 Å². The van der Waals surface area contributed by atoms with E-state index in [9.17, 15) is 0 Å². The standard InChI is InChI=1S/C15H29NO/c1-15(2,3)17-12-14(16-4)13-10-8-6-5-7-9-11-13/h10,14,16H,5-9,11-12H2,1-4H3. The van der Waals surface area contributed by atoms with Crippen LogP contribution in [0.4, 0.5) is 0 Å². The molecular formula is C15H29NO. The van der Waals surface area contributed by atoms with Gasteiger partial charge in [0.05, 0.1) is 18.2 Å². The molecule has 100 valence electrons. The van der Waals surface area contributed by atoms with Crippen LogP contribution in [0.2, 0.25) is 0 Å². The van der Waals surface area contributed by atoms with E-state index in [1.807, 2.05) is 7.05 Å². The molecule has 0 spiro atoms. The number of rotatable bonds is 4. The van der Waals surface area contributed by atoms with E-state index < -0.39 is 0 Å². The van der Waals surface area contributed by atoms with Gasteiger partial charge < -0.3 is 10.1 Å². The van der Waals surface area contributed by atoms with Crippen molar-refractivity contribution in [2.75, 3.05) is 13.7 Å². The number of nitrogens with one attached hydrogen (secondary N) is 1. The van der Waals surface area contributed by atoms with Crippen LogP contribution < -0.4 is 5.32 Å². The maximum atomic E-state index is 5.90. The second kappa shape index (κ2) is 7.17. The van der Waals surface area contributed by atoms with Crippen LogP contribution in [0, 0.1) is 0 Å². The molecule has 0 fully saturated rings. The smallest absolute Gasteiger partial charge is 0.0665 e. The molecule has 2 heteroatoms. The Hall–Kier alpha value is -0.340. The maximum absolute atomic E-state index is 5.90. The molecule has 1 unspecified atom stereocenters. The van der Waals surface area contributed by atoms with Crippen molar-refractivity contribution < 1.29 is 4.74 Å². The summed E-state index contributed by atoms with van der Waals surface area (Å²) in [5.41, 5.74) is 1.51. The van der Waals surface area contributed by atoms with Crippen LogP contribution in [0.3, 0.4) is 0 Å². The highest BCUT2D eigenvalue weighted by Crippen LogP contribution is 2.20. The number of hydrogen-bond donors (Lipinski definition) is 1. The van der Waals surface area contributed by atoms with Crippen LogP contribution in [0.15, 0.2) is 11.6 Å². The molecule has 0 amide bonds. The molecule has 0 aliphatic heterocycles. The van der Waals surface area contributed by atoms with Crippen molar-refractivity contribution in [3.63, 3.8) is 0 Å². The van der Waals surface area contributed by atoms with Gasteiger partial charge in [-0.2, -0.15) is 0 Å². The third-order valence-electron chi connectivity index (χ3n) is 3.31. The van der Waals surface area contributed by atoms with Crippen LogP contribution >= 0.6 is 0 Å². The Balaban J connectivity index is 2.52. The van der Waals surface area contributed by atoms with Gasteiger partial charge in [0.2, 0.25) is 0 Å². The second-order valence-electron chi connectivity index (χ2n) is 6.00. The monoisotopic (exact) mass is 239 g/mol. The van der Waals surface area contributed by atoms with Crippen molar-refractivity contribution in [3.05, 3.63) is 11.6 Å². The molecular weight excluding hydrogens is 210 g/mol. The van der Waals surface area contributed by atoms with Crippen molar-refractivity contribution in [1.29, 1.82) is 0 Å². The van der Waals surface area contributed by atoms with Crippen molar-refractivity contribution >= 4 is 0 Å². The van der Waals surface area contributed by atoms with E-state index in [2.05, 4.69) is 32.2 Å². The molecule has 0 aromatic heterocycles. The Morgan fingerprint density at radius 1 is 1.24 bits per heavy atom. The average Bonchev–Trinajstić information content (AvgIpc) is 2.19. The maximum Gasteiger partial charge on any atom is 0.0665 e. The highest BCUT2D eigenvalue weighted by Gasteiger charge is 2.17. The first-order valence-electron chi connectivity index (χ1n) is 7.03. The van der Waals surface area contributed by atoms with Crippen molar-refractivity contribution in [1.82, 2.24) is 5.32 Å². The van der Waals surface area contributed by atoms with Gasteiger partial charge in [-0.15, -0.1) is 0 Å². The third-order valence-corrected chi connectivity index (χ3v) is 3.31. The molecule has 1 rings (SSSR count). The Morgan fingerprint density at radius 3 is 2.59 bits per heavy atom. The summed E-state index contributed by atoms with van der Waals surface area (Å²) in [4.78, 5) is 0. The molecule has 0 aromatic carbocycles. The first kappa shape index (κ1) is 14.7.